The number of amides is 1. The molecule has 1 aliphatic heterocycles. The van der Waals surface area contributed by atoms with Gasteiger partial charge >= 0.3 is 5.97 Å². The van der Waals surface area contributed by atoms with Gasteiger partial charge in [0.1, 0.15) is 18.0 Å². The Morgan fingerprint density at radius 1 is 1.07 bits per heavy atom. The summed E-state index contributed by atoms with van der Waals surface area (Å²) in [7, 11) is 0. The summed E-state index contributed by atoms with van der Waals surface area (Å²) in [5.41, 5.74) is 3.27. The van der Waals surface area contributed by atoms with Gasteiger partial charge in [-0.15, -0.1) is 0 Å². The van der Waals surface area contributed by atoms with Crippen molar-refractivity contribution in [3.8, 4) is 11.1 Å². The van der Waals surface area contributed by atoms with Crippen molar-refractivity contribution in [2.24, 2.45) is 0 Å². The molecule has 2 aromatic carbocycles. The third-order valence-corrected chi connectivity index (χ3v) is 8.01. The summed E-state index contributed by atoms with van der Waals surface area (Å²) in [4.78, 5) is 40.4. The van der Waals surface area contributed by atoms with Gasteiger partial charge in [0.05, 0.1) is 12.5 Å². The SMILES string of the molecule is CCCC(C(=O)NC(CC(=O)O)c1cc(-c2c(C)cccc2C)cc(C)c1F)n1cc(CCN2CC(F)C2)cc(F)c1=O. The lowest BCUT2D eigenvalue weighted by molar-refractivity contribution is -0.138. The summed E-state index contributed by atoms with van der Waals surface area (Å²) in [6, 6.07) is 7.73. The number of pyridine rings is 1. The molecule has 2 N–H and O–H groups in total. The number of carbonyl (C=O) groups is 2. The van der Waals surface area contributed by atoms with Crippen LogP contribution in [0.4, 0.5) is 13.2 Å². The molecule has 1 saturated heterocycles. The minimum Gasteiger partial charge on any atom is -0.481 e. The Morgan fingerprint density at radius 3 is 2.35 bits per heavy atom. The van der Waals surface area contributed by atoms with E-state index in [-0.39, 0.29) is 17.5 Å². The molecule has 1 fully saturated rings. The van der Waals surface area contributed by atoms with E-state index >= 15 is 4.39 Å². The van der Waals surface area contributed by atoms with Gasteiger partial charge in [0, 0.05) is 31.4 Å². The van der Waals surface area contributed by atoms with E-state index in [4.69, 9.17) is 0 Å². The number of likely N-dealkylation sites (tertiary alicyclic amines) is 1. The second-order valence-corrected chi connectivity index (χ2v) is 11.4. The monoisotopic (exact) mass is 597 g/mol. The zero-order chi connectivity index (χ0) is 31.4. The van der Waals surface area contributed by atoms with E-state index in [0.29, 0.717) is 43.6 Å². The smallest absolute Gasteiger partial charge is 0.305 e. The van der Waals surface area contributed by atoms with E-state index in [1.165, 1.54) is 6.20 Å². The summed E-state index contributed by atoms with van der Waals surface area (Å²) in [5.74, 6) is -3.63. The quantitative estimate of drug-likeness (QED) is 0.284. The Labute approximate surface area is 249 Å². The van der Waals surface area contributed by atoms with Gasteiger partial charge in [-0.2, -0.15) is 0 Å². The largest absolute Gasteiger partial charge is 0.481 e. The lowest BCUT2D eigenvalue weighted by Gasteiger charge is -2.34. The fraction of sp³-hybridized carbons (Fsp3) is 0.424. The fourth-order valence-electron chi connectivity index (χ4n) is 5.78. The van der Waals surface area contributed by atoms with Gasteiger partial charge < -0.3 is 15.0 Å². The van der Waals surface area contributed by atoms with E-state index in [0.717, 1.165) is 27.3 Å². The highest BCUT2D eigenvalue weighted by Gasteiger charge is 2.30. The van der Waals surface area contributed by atoms with Crippen LogP contribution in [0.1, 0.15) is 66.1 Å². The molecule has 0 aliphatic carbocycles. The third kappa shape index (κ3) is 7.36. The highest BCUT2D eigenvalue weighted by atomic mass is 19.1. The van der Waals surface area contributed by atoms with Gasteiger partial charge in [0.15, 0.2) is 5.82 Å². The second kappa shape index (κ2) is 13.6. The highest BCUT2D eigenvalue weighted by molar-refractivity contribution is 5.82. The van der Waals surface area contributed by atoms with Crippen LogP contribution in [0.2, 0.25) is 0 Å². The van der Waals surface area contributed by atoms with Crippen LogP contribution in [-0.2, 0) is 16.0 Å². The summed E-state index contributed by atoms with van der Waals surface area (Å²) in [5, 5.41) is 12.4. The Balaban J connectivity index is 1.69. The molecule has 0 saturated carbocycles. The molecule has 2 heterocycles. The van der Waals surface area contributed by atoms with Crippen molar-refractivity contribution in [3.63, 3.8) is 0 Å². The molecule has 0 radical (unpaired) electrons. The molecular formula is C33H38F3N3O4. The third-order valence-electron chi connectivity index (χ3n) is 8.01. The number of carboxylic acids is 1. The molecule has 0 bridgehead atoms. The first-order chi connectivity index (χ1) is 20.4. The van der Waals surface area contributed by atoms with E-state index < -0.39 is 53.7 Å². The van der Waals surface area contributed by atoms with Crippen molar-refractivity contribution in [2.45, 2.75) is 71.6 Å². The number of aliphatic carboxylic acids is 1. The number of hydrogen-bond donors (Lipinski definition) is 2. The summed E-state index contributed by atoms with van der Waals surface area (Å²) < 4.78 is 44.6. The van der Waals surface area contributed by atoms with Crippen LogP contribution in [0, 0.1) is 32.4 Å². The van der Waals surface area contributed by atoms with E-state index in [1.54, 1.807) is 26.0 Å². The summed E-state index contributed by atoms with van der Waals surface area (Å²) in [6.45, 7) is 8.31. The van der Waals surface area contributed by atoms with E-state index in [2.05, 4.69) is 5.32 Å². The molecule has 10 heteroatoms. The van der Waals surface area contributed by atoms with Crippen molar-refractivity contribution in [1.82, 2.24) is 14.8 Å². The fourth-order valence-corrected chi connectivity index (χ4v) is 5.78. The number of carboxylic acid groups (broad SMARTS) is 1. The molecular weight excluding hydrogens is 559 g/mol. The number of aryl methyl sites for hydroxylation is 3. The number of hydrogen-bond acceptors (Lipinski definition) is 4. The molecule has 1 aromatic heterocycles. The lowest BCUT2D eigenvalue weighted by atomic mass is 9.90. The van der Waals surface area contributed by atoms with Crippen molar-refractivity contribution >= 4 is 11.9 Å². The Morgan fingerprint density at radius 2 is 1.74 bits per heavy atom. The van der Waals surface area contributed by atoms with Crippen molar-refractivity contribution in [3.05, 3.63) is 92.4 Å². The molecule has 4 rings (SSSR count). The first-order valence-electron chi connectivity index (χ1n) is 14.5. The minimum atomic E-state index is -1.25. The average Bonchev–Trinajstić information content (AvgIpc) is 2.92. The van der Waals surface area contributed by atoms with Crippen LogP contribution in [0.15, 0.2) is 47.4 Å². The van der Waals surface area contributed by atoms with Crippen molar-refractivity contribution < 1.29 is 27.9 Å². The van der Waals surface area contributed by atoms with Crippen LogP contribution in [0.25, 0.3) is 11.1 Å². The first kappa shape index (κ1) is 32.0. The zero-order valence-electron chi connectivity index (χ0n) is 24.9. The standard InChI is InChI=1S/C33H38F3N3O4/c1-5-7-28(39-16-22(13-26(35)33(39)43)10-11-38-17-24(34)18-38)32(42)37-27(15-29(40)41)25-14-23(12-21(4)31(25)36)30-19(2)8-6-9-20(30)3/h6,8-9,12-14,16,24,27-28H,5,7,10-11,15,17-18H2,1-4H3,(H,37,42)(H,40,41). The predicted molar refractivity (Wildman–Crippen MR) is 159 cm³/mol. The molecule has 2 unspecified atom stereocenters. The summed E-state index contributed by atoms with van der Waals surface area (Å²) in [6.07, 6.45) is 0.913. The normalized spacial score (nSPS) is 15.1. The predicted octanol–water partition coefficient (Wildman–Crippen LogP) is 5.59. The maximum atomic E-state index is 15.6. The molecule has 230 valence electrons. The van der Waals surface area contributed by atoms with Gasteiger partial charge in [-0.3, -0.25) is 19.3 Å². The Kier molecular flexibility index (Phi) is 10.1. The Bertz CT molecular complexity index is 1550. The number of nitrogens with zero attached hydrogens (tertiary/aromatic N) is 2. The van der Waals surface area contributed by atoms with Gasteiger partial charge in [0.25, 0.3) is 5.56 Å². The second-order valence-electron chi connectivity index (χ2n) is 11.4. The van der Waals surface area contributed by atoms with Gasteiger partial charge in [-0.05, 0) is 85.2 Å². The molecule has 1 aliphatic rings. The van der Waals surface area contributed by atoms with E-state index in [9.17, 15) is 28.3 Å². The van der Waals surface area contributed by atoms with Crippen LogP contribution in [-0.4, -0.2) is 52.3 Å². The number of benzene rings is 2. The molecule has 0 spiro atoms. The average molecular weight is 598 g/mol. The van der Waals surface area contributed by atoms with Gasteiger partial charge in [-0.1, -0.05) is 31.5 Å². The molecule has 2 atom stereocenters. The maximum Gasteiger partial charge on any atom is 0.305 e. The van der Waals surface area contributed by atoms with Gasteiger partial charge in [0.2, 0.25) is 5.91 Å². The number of alkyl halides is 1. The van der Waals surface area contributed by atoms with Crippen molar-refractivity contribution in [2.75, 3.05) is 19.6 Å². The number of aromatic nitrogens is 1. The molecule has 1 amide bonds. The molecule has 7 nitrogen and oxygen atoms in total. The Hall–Kier alpha value is -3.92. The van der Waals surface area contributed by atoms with Crippen LogP contribution < -0.4 is 10.9 Å². The number of rotatable bonds is 12. The minimum absolute atomic E-state index is 0.0108. The first-order valence-corrected chi connectivity index (χ1v) is 14.5. The zero-order valence-corrected chi connectivity index (χ0v) is 24.9. The van der Waals surface area contributed by atoms with E-state index in [1.807, 2.05) is 36.9 Å². The van der Waals surface area contributed by atoms with Crippen molar-refractivity contribution in [1.29, 1.82) is 0 Å². The maximum absolute atomic E-state index is 15.6. The number of nitrogens with one attached hydrogen (secondary N) is 1. The topological polar surface area (TPSA) is 91.6 Å². The molecule has 3 aromatic rings. The van der Waals surface area contributed by atoms with Crippen LogP contribution >= 0.6 is 0 Å². The number of carbonyl (C=O) groups excluding carboxylic acids is 1. The molecule has 43 heavy (non-hydrogen) atoms. The highest BCUT2D eigenvalue weighted by Crippen LogP contribution is 2.33. The van der Waals surface area contributed by atoms with Crippen LogP contribution in [0.5, 0.6) is 0 Å². The summed E-state index contributed by atoms with van der Waals surface area (Å²) >= 11 is 0. The lowest BCUT2D eigenvalue weighted by Crippen LogP contribution is -2.49. The van der Waals surface area contributed by atoms with Crippen LogP contribution in [0.3, 0.4) is 0 Å². The number of halogens is 3. The van der Waals surface area contributed by atoms with Gasteiger partial charge in [-0.25, -0.2) is 13.2 Å².